The Kier molecular flexibility index (Phi) is 3.41. The molecule has 0 aromatic heterocycles. The Balaban J connectivity index is 2.18. The van der Waals surface area contributed by atoms with Crippen LogP contribution in [0.2, 0.25) is 0 Å². The molecule has 1 heterocycles. The number of rotatable bonds is 3. The second-order valence-corrected chi connectivity index (χ2v) is 3.94. The molecule has 1 aromatic rings. The highest BCUT2D eigenvalue weighted by Crippen LogP contribution is 2.18. The molecule has 0 unspecified atom stereocenters. The van der Waals surface area contributed by atoms with Crippen molar-refractivity contribution in [3.8, 4) is 0 Å². The lowest BCUT2D eigenvalue weighted by Gasteiger charge is -2.27. The fraction of sp³-hybridized carbons (Fsp3) is 0.417. The largest absolute Gasteiger partial charge is 0.338 e. The van der Waals surface area contributed by atoms with Crippen molar-refractivity contribution >= 4 is 11.7 Å². The molecular weight excluding hydrogens is 202 g/mol. The molecule has 4 nitrogen and oxygen atoms in total. The first kappa shape index (κ1) is 11.0. The number of benzene rings is 1. The molecule has 0 aliphatic carbocycles. The van der Waals surface area contributed by atoms with Crippen LogP contribution in [0.15, 0.2) is 24.3 Å². The van der Waals surface area contributed by atoms with E-state index in [1.165, 1.54) is 5.56 Å². The van der Waals surface area contributed by atoms with Crippen molar-refractivity contribution in [2.24, 2.45) is 0 Å². The SMILES string of the molecule is CNCc1cccc(N2CCCNC2=O)c1. The van der Waals surface area contributed by atoms with Crippen molar-refractivity contribution in [3.63, 3.8) is 0 Å². The van der Waals surface area contributed by atoms with Gasteiger partial charge in [0.25, 0.3) is 0 Å². The third kappa shape index (κ3) is 2.33. The van der Waals surface area contributed by atoms with Crippen LogP contribution >= 0.6 is 0 Å². The average Bonchev–Trinajstić information content (AvgIpc) is 2.30. The van der Waals surface area contributed by atoms with Crippen LogP contribution in [0.4, 0.5) is 10.5 Å². The average molecular weight is 219 g/mol. The maximum Gasteiger partial charge on any atom is 0.321 e. The number of carbonyl (C=O) groups excluding carboxylic acids is 1. The van der Waals surface area contributed by atoms with E-state index >= 15 is 0 Å². The predicted molar refractivity (Wildman–Crippen MR) is 64.6 cm³/mol. The van der Waals surface area contributed by atoms with Gasteiger partial charge in [-0.3, -0.25) is 4.90 Å². The number of amides is 2. The third-order valence-electron chi connectivity index (χ3n) is 2.68. The highest BCUT2D eigenvalue weighted by Gasteiger charge is 2.18. The van der Waals surface area contributed by atoms with E-state index in [2.05, 4.69) is 22.8 Å². The summed E-state index contributed by atoms with van der Waals surface area (Å²) < 4.78 is 0. The van der Waals surface area contributed by atoms with Crippen LogP contribution in [0.1, 0.15) is 12.0 Å². The lowest BCUT2D eigenvalue weighted by atomic mass is 10.1. The Morgan fingerprint density at radius 1 is 1.50 bits per heavy atom. The van der Waals surface area contributed by atoms with Gasteiger partial charge in [-0.1, -0.05) is 12.1 Å². The Labute approximate surface area is 95.6 Å². The summed E-state index contributed by atoms with van der Waals surface area (Å²) in [7, 11) is 1.92. The maximum atomic E-state index is 11.7. The van der Waals surface area contributed by atoms with E-state index < -0.39 is 0 Å². The number of nitrogens with zero attached hydrogens (tertiary/aromatic N) is 1. The zero-order valence-corrected chi connectivity index (χ0v) is 9.49. The quantitative estimate of drug-likeness (QED) is 0.805. The summed E-state index contributed by atoms with van der Waals surface area (Å²) in [5.41, 5.74) is 2.17. The van der Waals surface area contributed by atoms with Gasteiger partial charge in [-0.05, 0) is 31.2 Å². The highest BCUT2D eigenvalue weighted by molar-refractivity contribution is 5.92. The number of urea groups is 1. The van der Waals surface area contributed by atoms with Crippen LogP contribution < -0.4 is 15.5 Å². The predicted octanol–water partition coefficient (Wildman–Crippen LogP) is 1.33. The molecule has 0 saturated carbocycles. The summed E-state index contributed by atoms with van der Waals surface area (Å²) in [5, 5.41) is 5.96. The molecule has 1 fully saturated rings. The van der Waals surface area contributed by atoms with Crippen molar-refractivity contribution in [1.29, 1.82) is 0 Å². The molecule has 1 aromatic carbocycles. The monoisotopic (exact) mass is 219 g/mol. The van der Waals surface area contributed by atoms with Gasteiger partial charge in [0, 0.05) is 25.3 Å². The summed E-state index contributed by atoms with van der Waals surface area (Å²) in [6.07, 6.45) is 1.00. The molecular formula is C12H17N3O. The van der Waals surface area contributed by atoms with Gasteiger partial charge in [0.15, 0.2) is 0 Å². The Hall–Kier alpha value is -1.55. The van der Waals surface area contributed by atoms with Gasteiger partial charge in [0.1, 0.15) is 0 Å². The van der Waals surface area contributed by atoms with Crippen molar-refractivity contribution < 1.29 is 4.79 Å². The molecule has 86 valence electrons. The second kappa shape index (κ2) is 4.99. The fourth-order valence-electron chi connectivity index (χ4n) is 1.91. The van der Waals surface area contributed by atoms with Gasteiger partial charge >= 0.3 is 6.03 Å². The standard InChI is InChI=1S/C12H17N3O/c1-13-9-10-4-2-5-11(8-10)15-7-3-6-14-12(15)16/h2,4-5,8,13H,3,6-7,9H2,1H3,(H,14,16). The maximum absolute atomic E-state index is 11.7. The minimum atomic E-state index is 0.00728. The van der Waals surface area contributed by atoms with E-state index in [4.69, 9.17) is 0 Å². The first-order valence-corrected chi connectivity index (χ1v) is 5.60. The molecule has 2 N–H and O–H groups in total. The molecule has 1 aliphatic heterocycles. The van der Waals surface area contributed by atoms with Gasteiger partial charge in [0.2, 0.25) is 0 Å². The molecule has 2 rings (SSSR count). The third-order valence-corrected chi connectivity index (χ3v) is 2.68. The summed E-state index contributed by atoms with van der Waals surface area (Å²) in [5.74, 6) is 0. The lowest BCUT2D eigenvalue weighted by Crippen LogP contribution is -2.46. The zero-order valence-electron chi connectivity index (χ0n) is 9.49. The molecule has 0 radical (unpaired) electrons. The van der Waals surface area contributed by atoms with Crippen LogP contribution in [0.5, 0.6) is 0 Å². The van der Waals surface area contributed by atoms with E-state index in [0.29, 0.717) is 0 Å². The van der Waals surface area contributed by atoms with Crippen molar-refractivity contribution in [2.45, 2.75) is 13.0 Å². The minimum absolute atomic E-state index is 0.00728. The Morgan fingerprint density at radius 3 is 3.12 bits per heavy atom. The van der Waals surface area contributed by atoms with Gasteiger partial charge in [-0.2, -0.15) is 0 Å². The Bertz CT molecular complexity index is 378. The first-order valence-electron chi connectivity index (χ1n) is 5.60. The second-order valence-electron chi connectivity index (χ2n) is 3.94. The van der Waals surface area contributed by atoms with Crippen molar-refractivity contribution in [1.82, 2.24) is 10.6 Å². The molecule has 1 saturated heterocycles. The van der Waals surface area contributed by atoms with Crippen molar-refractivity contribution in [3.05, 3.63) is 29.8 Å². The van der Waals surface area contributed by atoms with E-state index in [1.54, 1.807) is 4.90 Å². The van der Waals surface area contributed by atoms with Crippen LogP contribution in [-0.4, -0.2) is 26.2 Å². The van der Waals surface area contributed by atoms with Crippen LogP contribution in [-0.2, 0) is 6.54 Å². The highest BCUT2D eigenvalue weighted by atomic mass is 16.2. The summed E-state index contributed by atoms with van der Waals surface area (Å²) in [6, 6.07) is 8.09. The van der Waals surface area contributed by atoms with Gasteiger partial charge < -0.3 is 10.6 Å². The summed E-state index contributed by atoms with van der Waals surface area (Å²) >= 11 is 0. The number of carbonyl (C=O) groups is 1. The van der Waals surface area contributed by atoms with Gasteiger partial charge in [-0.25, -0.2) is 4.79 Å². The number of hydrogen-bond acceptors (Lipinski definition) is 2. The topological polar surface area (TPSA) is 44.4 Å². The number of anilines is 1. The van der Waals surface area contributed by atoms with E-state index in [9.17, 15) is 4.79 Å². The fourth-order valence-corrected chi connectivity index (χ4v) is 1.91. The molecule has 1 aliphatic rings. The molecule has 2 amide bonds. The summed E-state index contributed by atoms with van der Waals surface area (Å²) in [4.78, 5) is 13.5. The lowest BCUT2D eigenvalue weighted by molar-refractivity contribution is 0.243. The van der Waals surface area contributed by atoms with Crippen LogP contribution in [0, 0.1) is 0 Å². The molecule has 0 atom stereocenters. The number of hydrogen-bond donors (Lipinski definition) is 2. The molecule has 4 heteroatoms. The van der Waals surface area contributed by atoms with Crippen molar-refractivity contribution in [2.75, 3.05) is 25.0 Å². The van der Waals surface area contributed by atoms with E-state index in [-0.39, 0.29) is 6.03 Å². The summed E-state index contributed by atoms with van der Waals surface area (Å²) in [6.45, 7) is 2.41. The van der Waals surface area contributed by atoms with Gasteiger partial charge in [0.05, 0.1) is 0 Å². The van der Waals surface area contributed by atoms with Crippen LogP contribution in [0.25, 0.3) is 0 Å². The Morgan fingerprint density at radius 2 is 2.38 bits per heavy atom. The molecule has 16 heavy (non-hydrogen) atoms. The number of nitrogens with one attached hydrogen (secondary N) is 2. The normalized spacial score (nSPS) is 16.1. The molecule has 0 spiro atoms. The van der Waals surface area contributed by atoms with E-state index in [1.807, 2.05) is 19.2 Å². The van der Waals surface area contributed by atoms with Gasteiger partial charge in [-0.15, -0.1) is 0 Å². The zero-order chi connectivity index (χ0) is 11.4. The molecule has 0 bridgehead atoms. The first-order chi connectivity index (χ1) is 7.81. The van der Waals surface area contributed by atoms with E-state index in [0.717, 1.165) is 31.7 Å². The smallest absolute Gasteiger partial charge is 0.321 e. The minimum Gasteiger partial charge on any atom is -0.338 e. The van der Waals surface area contributed by atoms with Crippen LogP contribution in [0.3, 0.4) is 0 Å².